The summed E-state index contributed by atoms with van der Waals surface area (Å²) in [5.74, 6) is -0.450. The van der Waals surface area contributed by atoms with E-state index in [-0.39, 0.29) is 18.4 Å². The highest BCUT2D eigenvalue weighted by Crippen LogP contribution is 2.22. The SMILES string of the molecule is Cc1ccc(N(CC(=O)N(Cc2ccccc2C)[C@H](C)C(=O)NCC(C)C)S(C)(=O)=O)cc1C. The maximum Gasteiger partial charge on any atom is 0.244 e. The molecule has 0 bridgehead atoms. The van der Waals surface area contributed by atoms with Crippen LogP contribution in [0.1, 0.15) is 43.0 Å². The molecule has 2 aromatic rings. The lowest BCUT2D eigenvalue weighted by atomic mass is 10.1. The highest BCUT2D eigenvalue weighted by atomic mass is 32.2. The largest absolute Gasteiger partial charge is 0.354 e. The molecule has 2 aromatic carbocycles. The molecule has 0 aliphatic rings. The van der Waals surface area contributed by atoms with Gasteiger partial charge in [-0.3, -0.25) is 13.9 Å². The Balaban J connectivity index is 2.40. The molecule has 0 unspecified atom stereocenters. The van der Waals surface area contributed by atoms with Crippen molar-refractivity contribution in [1.82, 2.24) is 10.2 Å². The molecule has 1 N–H and O–H groups in total. The third-order valence-corrected chi connectivity index (χ3v) is 7.05. The molecule has 0 spiro atoms. The molecule has 34 heavy (non-hydrogen) atoms. The summed E-state index contributed by atoms with van der Waals surface area (Å²) in [6, 6.07) is 12.2. The number of carbonyl (C=O) groups excluding carboxylic acids is 2. The zero-order valence-corrected chi connectivity index (χ0v) is 22.1. The minimum absolute atomic E-state index is 0.201. The van der Waals surface area contributed by atoms with Crippen molar-refractivity contribution in [1.29, 1.82) is 0 Å². The number of rotatable bonds is 10. The van der Waals surface area contributed by atoms with Crippen LogP contribution in [0, 0.1) is 26.7 Å². The second-order valence-electron chi connectivity index (χ2n) is 9.30. The van der Waals surface area contributed by atoms with Crippen molar-refractivity contribution in [2.45, 2.75) is 54.1 Å². The van der Waals surface area contributed by atoms with Crippen LogP contribution in [0.5, 0.6) is 0 Å². The van der Waals surface area contributed by atoms with Gasteiger partial charge in [0.2, 0.25) is 21.8 Å². The molecule has 0 saturated carbocycles. The van der Waals surface area contributed by atoms with Gasteiger partial charge in [0.15, 0.2) is 0 Å². The summed E-state index contributed by atoms with van der Waals surface area (Å²) in [4.78, 5) is 27.9. The number of nitrogens with one attached hydrogen (secondary N) is 1. The van der Waals surface area contributed by atoms with Crippen molar-refractivity contribution >= 4 is 27.5 Å². The molecule has 0 aromatic heterocycles. The van der Waals surface area contributed by atoms with E-state index in [1.54, 1.807) is 19.1 Å². The summed E-state index contributed by atoms with van der Waals surface area (Å²) in [5, 5.41) is 2.88. The Morgan fingerprint density at radius 1 is 0.941 bits per heavy atom. The fourth-order valence-electron chi connectivity index (χ4n) is 3.50. The Labute approximate surface area is 204 Å². The quantitative estimate of drug-likeness (QED) is 0.555. The van der Waals surface area contributed by atoms with Crippen LogP contribution in [-0.4, -0.2) is 50.5 Å². The Kier molecular flexibility index (Phi) is 9.27. The molecule has 0 aliphatic carbocycles. The summed E-state index contributed by atoms with van der Waals surface area (Å²) in [6.07, 6.45) is 1.08. The van der Waals surface area contributed by atoms with E-state index >= 15 is 0 Å². The van der Waals surface area contributed by atoms with Crippen molar-refractivity contribution in [2.24, 2.45) is 5.92 Å². The molecule has 186 valence electrons. The van der Waals surface area contributed by atoms with Crippen molar-refractivity contribution in [3.8, 4) is 0 Å². The molecule has 0 radical (unpaired) electrons. The maximum atomic E-state index is 13.6. The second-order valence-corrected chi connectivity index (χ2v) is 11.2. The maximum absolute atomic E-state index is 13.6. The standard InChI is InChI=1S/C26H37N3O4S/c1-18(2)15-27-26(31)22(6)28(16-23-11-9-8-10-20(23)4)25(30)17-29(34(7,32)33)24-13-12-19(3)21(5)14-24/h8-14,18,22H,15-17H2,1-7H3,(H,27,31)/t22-/m1/s1. The number of hydrogen-bond acceptors (Lipinski definition) is 4. The Bertz CT molecular complexity index is 1130. The summed E-state index contributed by atoms with van der Waals surface area (Å²) in [5.41, 5.74) is 4.27. The van der Waals surface area contributed by atoms with Crippen molar-refractivity contribution in [3.63, 3.8) is 0 Å². The normalized spacial score (nSPS) is 12.4. The van der Waals surface area contributed by atoms with Gasteiger partial charge in [-0.25, -0.2) is 8.42 Å². The number of hydrogen-bond donors (Lipinski definition) is 1. The molecule has 7 nitrogen and oxygen atoms in total. The number of amides is 2. The third kappa shape index (κ3) is 7.32. The van der Waals surface area contributed by atoms with E-state index in [1.807, 2.05) is 65.0 Å². The molecule has 0 fully saturated rings. The Morgan fingerprint density at radius 2 is 1.59 bits per heavy atom. The summed E-state index contributed by atoms with van der Waals surface area (Å²) in [7, 11) is -3.74. The lowest BCUT2D eigenvalue weighted by molar-refractivity contribution is -0.139. The number of anilines is 1. The van der Waals surface area contributed by atoms with Crippen molar-refractivity contribution in [2.75, 3.05) is 23.7 Å². The van der Waals surface area contributed by atoms with Crippen molar-refractivity contribution < 1.29 is 18.0 Å². The lowest BCUT2D eigenvalue weighted by Gasteiger charge is -2.32. The van der Waals surface area contributed by atoms with Gasteiger partial charge in [-0.05, 0) is 68.0 Å². The first kappa shape index (κ1) is 27.4. The van der Waals surface area contributed by atoms with Gasteiger partial charge in [-0.1, -0.05) is 44.2 Å². The molecule has 1 atom stereocenters. The summed E-state index contributed by atoms with van der Waals surface area (Å²) >= 11 is 0. The smallest absolute Gasteiger partial charge is 0.244 e. The number of benzene rings is 2. The second kappa shape index (κ2) is 11.5. The highest BCUT2D eigenvalue weighted by molar-refractivity contribution is 7.92. The van der Waals surface area contributed by atoms with Gasteiger partial charge in [0.05, 0.1) is 11.9 Å². The predicted molar refractivity (Wildman–Crippen MR) is 137 cm³/mol. The fourth-order valence-corrected chi connectivity index (χ4v) is 4.34. The first-order valence-corrected chi connectivity index (χ1v) is 13.3. The molecule has 8 heteroatoms. The monoisotopic (exact) mass is 487 g/mol. The van der Waals surface area contributed by atoms with Gasteiger partial charge in [-0.2, -0.15) is 0 Å². The van der Waals surface area contributed by atoms with Crippen LogP contribution >= 0.6 is 0 Å². The van der Waals surface area contributed by atoms with E-state index in [0.717, 1.165) is 32.8 Å². The highest BCUT2D eigenvalue weighted by Gasteiger charge is 2.30. The van der Waals surface area contributed by atoms with E-state index < -0.39 is 28.5 Å². The van der Waals surface area contributed by atoms with Crippen LogP contribution in [0.3, 0.4) is 0 Å². The van der Waals surface area contributed by atoms with Gasteiger partial charge in [-0.15, -0.1) is 0 Å². The average molecular weight is 488 g/mol. The van der Waals surface area contributed by atoms with Crippen molar-refractivity contribution in [3.05, 3.63) is 64.7 Å². The molecule has 0 heterocycles. The van der Waals surface area contributed by atoms with Gasteiger partial charge in [0.25, 0.3) is 0 Å². The van der Waals surface area contributed by atoms with Crippen LogP contribution in [0.25, 0.3) is 0 Å². The van der Waals surface area contributed by atoms with Gasteiger partial charge in [0, 0.05) is 13.1 Å². The van der Waals surface area contributed by atoms with Crippen LogP contribution in [-0.2, 0) is 26.2 Å². The first-order valence-electron chi connectivity index (χ1n) is 11.5. The molecular weight excluding hydrogens is 450 g/mol. The zero-order valence-electron chi connectivity index (χ0n) is 21.3. The lowest BCUT2D eigenvalue weighted by Crippen LogP contribution is -2.51. The van der Waals surface area contributed by atoms with Crippen LogP contribution in [0.4, 0.5) is 5.69 Å². The molecular formula is C26H37N3O4S. The molecule has 2 rings (SSSR count). The number of sulfonamides is 1. The summed E-state index contributed by atoms with van der Waals surface area (Å²) < 4.78 is 26.4. The van der Waals surface area contributed by atoms with Gasteiger partial charge in [0.1, 0.15) is 12.6 Å². The zero-order chi connectivity index (χ0) is 25.6. The van der Waals surface area contributed by atoms with Crippen LogP contribution in [0.15, 0.2) is 42.5 Å². The van der Waals surface area contributed by atoms with E-state index in [0.29, 0.717) is 12.2 Å². The van der Waals surface area contributed by atoms with E-state index in [4.69, 9.17) is 0 Å². The van der Waals surface area contributed by atoms with Gasteiger partial charge >= 0.3 is 0 Å². The third-order valence-electron chi connectivity index (χ3n) is 5.91. The Morgan fingerprint density at radius 3 is 2.15 bits per heavy atom. The molecule has 0 saturated heterocycles. The van der Waals surface area contributed by atoms with Crippen LogP contribution < -0.4 is 9.62 Å². The van der Waals surface area contributed by atoms with E-state index in [2.05, 4.69) is 5.32 Å². The topological polar surface area (TPSA) is 86.8 Å². The predicted octanol–water partition coefficient (Wildman–Crippen LogP) is 3.57. The first-order chi connectivity index (χ1) is 15.8. The Hall–Kier alpha value is -2.87. The number of carbonyl (C=O) groups is 2. The van der Waals surface area contributed by atoms with E-state index in [1.165, 1.54) is 4.90 Å². The minimum atomic E-state index is -3.74. The summed E-state index contributed by atoms with van der Waals surface area (Å²) in [6.45, 7) is 11.7. The minimum Gasteiger partial charge on any atom is -0.354 e. The van der Waals surface area contributed by atoms with Crippen LogP contribution in [0.2, 0.25) is 0 Å². The molecule has 0 aliphatic heterocycles. The number of nitrogens with zero attached hydrogens (tertiary/aromatic N) is 2. The van der Waals surface area contributed by atoms with Gasteiger partial charge < -0.3 is 10.2 Å². The fraction of sp³-hybridized carbons (Fsp3) is 0.462. The van der Waals surface area contributed by atoms with E-state index in [9.17, 15) is 18.0 Å². The molecule has 2 amide bonds. The number of aryl methyl sites for hydroxylation is 3. The average Bonchev–Trinajstić information content (AvgIpc) is 2.75.